The number of benzene rings is 2. The van der Waals surface area contributed by atoms with Crippen LogP contribution in [0.3, 0.4) is 0 Å². The number of carbonyl (C=O) groups excluding carboxylic acids is 1. The van der Waals surface area contributed by atoms with Crippen molar-refractivity contribution < 1.29 is 9.53 Å². The lowest BCUT2D eigenvalue weighted by Gasteiger charge is -2.06. The minimum Gasteiger partial charge on any atom is -0.494 e. The Morgan fingerprint density at radius 1 is 1.22 bits per heavy atom. The van der Waals surface area contributed by atoms with E-state index in [4.69, 9.17) is 16.3 Å². The van der Waals surface area contributed by atoms with Gasteiger partial charge >= 0.3 is 0 Å². The third-order valence-electron chi connectivity index (χ3n) is 2.97. The van der Waals surface area contributed by atoms with Gasteiger partial charge in [0.05, 0.1) is 6.61 Å². The van der Waals surface area contributed by atoms with Crippen molar-refractivity contribution in [3.05, 3.63) is 64.7 Å². The Morgan fingerprint density at radius 2 is 1.87 bits per heavy atom. The van der Waals surface area contributed by atoms with Gasteiger partial charge in [-0.2, -0.15) is 5.26 Å². The molecular weight excluding hydrogens is 312 g/mol. The average Bonchev–Trinajstić information content (AvgIpc) is 2.56. The zero-order valence-corrected chi connectivity index (χ0v) is 13.3. The molecule has 2 rings (SSSR count). The first-order chi connectivity index (χ1) is 11.1. The normalized spacial score (nSPS) is 10.7. The summed E-state index contributed by atoms with van der Waals surface area (Å²) in [5.41, 5.74) is 1.34. The van der Waals surface area contributed by atoms with E-state index in [9.17, 15) is 10.1 Å². The number of anilines is 1. The van der Waals surface area contributed by atoms with Crippen LogP contribution in [0.4, 0.5) is 5.69 Å². The monoisotopic (exact) mass is 326 g/mol. The lowest BCUT2D eigenvalue weighted by Crippen LogP contribution is -2.13. The first-order valence-corrected chi connectivity index (χ1v) is 7.41. The molecule has 0 fully saturated rings. The second-order valence-electron chi connectivity index (χ2n) is 4.63. The SMILES string of the molecule is CCOc1ccc(NC(=O)/C(C#N)=C\c2ccc(Cl)cc2)cc1. The highest BCUT2D eigenvalue weighted by molar-refractivity contribution is 6.30. The Balaban J connectivity index is 2.11. The Labute approximate surface area is 140 Å². The number of rotatable bonds is 5. The molecule has 0 heterocycles. The van der Waals surface area contributed by atoms with Crippen molar-refractivity contribution in [2.24, 2.45) is 0 Å². The van der Waals surface area contributed by atoms with Crippen molar-refractivity contribution in [1.29, 1.82) is 5.26 Å². The number of hydrogen-bond donors (Lipinski definition) is 1. The van der Waals surface area contributed by atoms with Crippen LogP contribution in [0.15, 0.2) is 54.1 Å². The summed E-state index contributed by atoms with van der Waals surface area (Å²) in [5.74, 6) is 0.259. The molecule has 0 aliphatic rings. The van der Waals surface area contributed by atoms with Crippen molar-refractivity contribution in [2.45, 2.75) is 6.92 Å². The Kier molecular flexibility index (Phi) is 5.79. The quantitative estimate of drug-likeness (QED) is 0.658. The Hall–Kier alpha value is -2.77. The number of carbonyl (C=O) groups is 1. The highest BCUT2D eigenvalue weighted by Gasteiger charge is 2.09. The third-order valence-corrected chi connectivity index (χ3v) is 3.22. The number of nitriles is 1. The smallest absolute Gasteiger partial charge is 0.266 e. The standard InChI is InChI=1S/C18H15ClN2O2/c1-2-23-17-9-7-16(8-10-17)21-18(22)14(12-20)11-13-3-5-15(19)6-4-13/h3-11H,2H2,1H3,(H,21,22)/b14-11-. The minimum atomic E-state index is -0.466. The van der Waals surface area contributed by atoms with Crippen LogP contribution in [0, 0.1) is 11.3 Å². The average molecular weight is 327 g/mol. The summed E-state index contributed by atoms with van der Waals surface area (Å²) in [5, 5.41) is 12.5. The number of hydrogen-bond acceptors (Lipinski definition) is 3. The molecule has 2 aromatic carbocycles. The van der Waals surface area contributed by atoms with Gasteiger partial charge in [0.2, 0.25) is 0 Å². The van der Waals surface area contributed by atoms with E-state index in [1.165, 1.54) is 6.08 Å². The second-order valence-corrected chi connectivity index (χ2v) is 5.07. The highest BCUT2D eigenvalue weighted by atomic mass is 35.5. The number of halogens is 1. The molecule has 5 heteroatoms. The summed E-state index contributed by atoms with van der Waals surface area (Å²) < 4.78 is 5.34. The van der Waals surface area contributed by atoms with E-state index in [1.54, 1.807) is 48.5 Å². The van der Waals surface area contributed by atoms with Gasteiger partial charge < -0.3 is 10.1 Å². The van der Waals surface area contributed by atoms with Crippen molar-refractivity contribution in [2.75, 3.05) is 11.9 Å². The molecule has 0 bridgehead atoms. The van der Waals surface area contributed by atoms with Crippen LogP contribution in [0.2, 0.25) is 5.02 Å². The molecule has 0 saturated carbocycles. The fourth-order valence-corrected chi connectivity index (χ4v) is 2.00. The molecule has 0 aliphatic heterocycles. The Bertz CT molecular complexity index is 744. The lowest BCUT2D eigenvalue weighted by molar-refractivity contribution is -0.112. The fourth-order valence-electron chi connectivity index (χ4n) is 1.87. The third kappa shape index (κ3) is 4.87. The topological polar surface area (TPSA) is 62.1 Å². The first-order valence-electron chi connectivity index (χ1n) is 7.04. The molecule has 1 amide bonds. The van der Waals surface area contributed by atoms with E-state index in [1.807, 2.05) is 13.0 Å². The molecule has 116 valence electrons. The molecule has 4 nitrogen and oxygen atoms in total. The molecule has 0 unspecified atom stereocenters. The van der Waals surface area contributed by atoms with E-state index in [0.717, 1.165) is 11.3 Å². The van der Waals surface area contributed by atoms with E-state index >= 15 is 0 Å². The zero-order chi connectivity index (χ0) is 16.7. The summed E-state index contributed by atoms with van der Waals surface area (Å²) in [4.78, 5) is 12.2. The molecule has 2 aromatic rings. The van der Waals surface area contributed by atoms with Crippen LogP contribution in [0.5, 0.6) is 5.75 Å². The fraction of sp³-hybridized carbons (Fsp3) is 0.111. The van der Waals surface area contributed by atoms with Crippen molar-refractivity contribution in [3.8, 4) is 11.8 Å². The molecule has 0 spiro atoms. The number of amides is 1. The lowest BCUT2D eigenvalue weighted by atomic mass is 10.1. The predicted octanol–water partition coefficient (Wildman–Crippen LogP) is 4.28. The maximum atomic E-state index is 12.2. The van der Waals surface area contributed by atoms with Gasteiger partial charge in [-0.3, -0.25) is 4.79 Å². The summed E-state index contributed by atoms with van der Waals surface area (Å²) in [6.07, 6.45) is 1.51. The first kappa shape index (κ1) is 16.6. The van der Waals surface area contributed by atoms with Gasteiger partial charge in [-0.1, -0.05) is 23.7 Å². The molecule has 0 radical (unpaired) electrons. The van der Waals surface area contributed by atoms with Gasteiger partial charge in [-0.25, -0.2) is 0 Å². The second kappa shape index (κ2) is 8.02. The predicted molar refractivity (Wildman–Crippen MR) is 91.3 cm³/mol. The number of nitrogens with zero attached hydrogens (tertiary/aromatic N) is 1. The van der Waals surface area contributed by atoms with Gasteiger partial charge in [0.1, 0.15) is 17.4 Å². The van der Waals surface area contributed by atoms with Crippen LogP contribution in [0.1, 0.15) is 12.5 Å². The van der Waals surface area contributed by atoms with Gasteiger partial charge in [-0.15, -0.1) is 0 Å². The summed E-state index contributed by atoms with van der Waals surface area (Å²) in [6.45, 7) is 2.48. The van der Waals surface area contributed by atoms with E-state index in [0.29, 0.717) is 17.3 Å². The van der Waals surface area contributed by atoms with Crippen molar-refractivity contribution >= 4 is 29.3 Å². The number of nitrogens with one attached hydrogen (secondary N) is 1. The van der Waals surface area contributed by atoms with Gasteiger partial charge in [0.15, 0.2) is 0 Å². The van der Waals surface area contributed by atoms with Crippen LogP contribution in [0.25, 0.3) is 6.08 Å². The molecule has 0 atom stereocenters. The molecule has 0 saturated heterocycles. The van der Waals surface area contributed by atoms with Crippen LogP contribution in [-0.4, -0.2) is 12.5 Å². The van der Waals surface area contributed by atoms with Crippen LogP contribution < -0.4 is 10.1 Å². The summed E-state index contributed by atoms with van der Waals surface area (Å²) >= 11 is 5.81. The van der Waals surface area contributed by atoms with E-state index in [-0.39, 0.29) is 5.57 Å². The largest absolute Gasteiger partial charge is 0.494 e. The van der Waals surface area contributed by atoms with Crippen LogP contribution >= 0.6 is 11.6 Å². The van der Waals surface area contributed by atoms with Crippen molar-refractivity contribution in [1.82, 2.24) is 0 Å². The van der Waals surface area contributed by atoms with Gasteiger partial charge in [0.25, 0.3) is 5.91 Å². The molecule has 23 heavy (non-hydrogen) atoms. The van der Waals surface area contributed by atoms with E-state index in [2.05, 4.69) is 5.32 Å². The molecule has 0 aromatic heterocycles. The van der Waals surface area contributed by atoms with Gasteiger partial charge in [-0.05, 0) is 55.0 Å². The van der Waals surface area contributed by atoms with Gasteiger partial charge in [0, 0.05) is 10.7 Å². The highest BCUT2D eigenvalue weighted by Crippen LogP contribution is 2.17. The molecule has 1 N–H and O–H groups in total. The summed E-state index contributed by atoms with van der Waals surface area (Å²) in [7, 11) is 0. The molecular formula is C18H15ClN2O2. The van der Waals surface area contributed by atoms with E-state index < -0.39 is 5.91 Å². The molecule has 0 aliphatic carbocycles. The van der Waals surface area contributed by atoms with Crippen molar-refractivity contribution in [3.63, 3.8) is 0 Å². The van der Waals surface area contributed by atoms with Crippen LogP contribution in [-0.2, 0) is 4.79 Å². The maximum absolute atomic E-state index is 12.2. The maximum Gasteiger partial charge on any atom is 0.266 e. The minimum absolute atomic E-state index is 0.0150. The zero-order valence-electron chi connectivity index (χ0n) is 12.5. The summed E-state index contributed by atoms with van der Waals surface area (Å²) in [6, 6.07) is 15.8. The number of ether oxygens (including phenoxy) is 1. The Morgan fingerprint density at radius 3 is 2.43 bits per heavy atom.